The number of carbonyl (C=O) groups excluding carboxylic acids is 1. The van der Waals surface area contributed by atoms with E-state index in [0.717, 1.165) is 18.2 Å². The minimum absolute atomic E-state index is 0.116. The summed E-state index contributed by atoms with van der Waals surface area (Å²) in [4.78, 5) is 20.0. The van der Waals surface area contributed by atoms with Gasteiger partial charge in [0.1, 0.15) is 17.3 Å². The maximum Gasteiger partial charge on any atom is 0.254 e. The summed E-state index contributed by atoms with van der Waals surface area (Å²) in [5.74, 6) is -1.91. The third kappa shape index (κ3) is 3.37. The normalized spacial score (nSPS) is 10.5. The van der Waals surface area contributed by atoms with Crippen molar-refractivity contribution in [3.8, 4) is 11.5 Å². The Balaban J connectivity index is 1.68. The van der Waals surface area contributed by atoms with Gasteiger partial charge in [0.2, 0.25) is 11.7 Å². The van der Waals surface area contributed by atoms with Crippen molar-refractivity contribution in [2.24, 2.45) is 0 Å². The molecule has 3 aromatic rings. The van der Waals surface area contributed by atoms with Gasteiger partial charge in [0.15, 0.2) is 0 Å². The van der Waals surface area contributed by atoms with E-state index in [9.17, 15) is 13.6 Å². The van der Waals surface area contributed by atoms with E-state index in [-0.39, 0.29) is 18.3 Å². The van der Waals surface area contributed by atoms with Crippen LogP contribution in [0.5, 0.6) is 0 Å². The molecule has 0 fully saturated rings. The standard InChI is InChI=1S/C15H10F2N4O2/c16-9-4-5-11(17)10(7-9)15(22)19-8-13-20-14(21-23-13)12-3-1-2-6-18-12/h1-7H,8H2,(H,19,22). The zero-order valence-corrected chi connectivity index (χ0v) is 11.7. The summed E-state index contributed by atoms with van der Waals surface area (Å²) in [6.45, 7) is -0.116. The molecule has 0 spiro atoms. The molecular formula is C15H10F2N4O2. The Labute approximate surface area is 129 Å². The Morgan fingerprint density at radius 1 is 1.22 bits per heavy atom. The molecule has 0 saturated carbocycles. The second-order valence-electron chi connectivity index (χ2n) is 4.53. The van der Waals surface area contributed by atoms with Gasteiger partial charge in [-0.15, -0.1) is 0 Å². The zero-order valence-electron chi connectivity index (χ0n) is 11.7. The van der Waals surface area contributed by atoms with Gasteiger partial charge in [-0.2, -0.15) is 4.98 Å². The first-order valence-electron chi connectivity index (χ1n) is 6.61. The van der Waals surface area contributed by atoms with Crippen LogP contribution < -0.4 is 5.32 Å². The van der Waals surface area contributed by atoms with Crippen molar-refractivity contribution in [1.29, 1.82) is 0 Å². The molecule has 0 radical (unpaired) electrons. The zero-order chi connectivity index (χ0) is 16.2. The lowest BCUT2D eigenvalue weighted by atomic mass is 10.2. The van der Waals surface area contributed by atoms with Gasteiger partial charge in [-0.05, 0) is 30.3 Å². The van der Waals surface area contributed by atoms with Crippen LogP contribution in [-0.2, 0) is 6.54 Å². The molecule has 0 bridgehead atoms. The summed E-state index contributed by atoms with van der Waals surface area (Å²) in [5.41, 5.74) is 0.125. The second-order valence-corrected chi connectivity index (χ2v) is 4.53. The first-order valence-corrected chi connectivity index (χ1v) is 6.61. The van der Waals surface area contributed by atoms with Crippen molar-refractivity contribution in [2.75, 3.05) is 0 Å². The number of nitrogens with one attached hydrogen (secondary N) is 1. The number of benzene rings is 1. The number of amides is 1. The quantitative estimate of drug-likeness (QED) is 0.799. The largest absolute Gasteiger partial charge is 0.343 e. The lowest BCUT2D eigenvalue weighted by Gasteiger charge is -2.03. The average Bonchev–Trinajstić information content (AvgIpc) is 3.05. The van der Waals surface area contributed by atoms with E-state index in [0.29, 0.717) is 5.69 Å². The molecule has 0 aliphatic carbocycles. The highest BCUT2D eigenvalue weighted by Gasteiger charge is 2.15. The van der Waals surface area contributed by atoms with Crippen LogP contribution in [0.15, 0.2) is 47.1 Å². The van der Waals surface area contributed by atoms with Crippen molar-refractivity contribution >= 4 is 5.91 Å². The van der Waals surface area contributed by atoms with E-state index in [2.05, 4.69) is 20.4 Å². The smallest absolute Gasteiger partial charge is 0.254 e. The Morgan fingerprint density at radius 3 is 2.87 bits per heavy atom. The summed E-state index contributed by atoms with van der Waals surface area (Å²) >= 11 is 0. The number of aromatic nitrogens is 3. The fraction of sp³-hybridized carbons (Fsp3) is 0.0667. The van der Waals surface area contributed by atoms with Crippen LogP contribution in [0.25, 0.3) is 11.5 Å². The van der Waals surface area contributed by atoms with E-state index in [1.165, 1.54) is 0 Å². The van der Waals surface area contributed by atoms with Crippen LogP contribution in [-0.4, -0.2) is 21.0 Å². The predicted molar refractivity (Wildman–Crippen MR) is 75.1 cm³/mol. The van der Waals surface area contributed by atoms with Crippen LogP contribution in [0.2, 0.25) is 0 Å². The molecule has 23 heavy (non-hydrogen) atoms. The third-order valence-electron chi connectivity index (χ3n) is 2.94. The van der Waals surface area contributed by atoms with Crippen molar-refractivity contribution < 1.29 is 18.1 Å². The van der Waals surface area contributed by atoms with Crippen molar-refractivity contribution in [2.45, 2.75) is 6.54 Å². The van der Waals surface area contributed by atoms with E-state index < -0.39 is 23.1 Å². The number of nitrogens with zero attached hydrogens (tertiary/aromatic N) is 3. The minimum Gasteiger partial charge on any atom is -0.343 e. The number of pyridine rings is 1. The van der Waals surface area contributed by atoms with Gasteiger partial charge in [0.05, 0.1) is 12.1 Å². The summed E-state index contributed by atoms with van der Waals surface area (Å²) in [6, 6.07) is 7.86. The van der Waals surface area contributed by atoms with Gasteiger partial charge in [-0.25, -0.2) is 8.78 Å². The summed E-state index contributed by atoms with van der Waals surface area (Å²) in [5, 5.41) is 6.12. The molecular weight excluding hydrogens is 306 g/mol. The molecule has 116 valence electrons. The molecule has 6 nitrogen and oxygen atoms in total. The highest BCUT2D eigenvalue weighted by Crippen LogP contribution is 2.12. The van der Waals surface area contributed by atoms with Gasteiger partial charge in [-0.1, -0.05) is 11.2 Å². The van der Waals surface area contributed by atoms with Gasteiger partial charge in [0.25, 0.3) is 5.91 Å². The molecule has 3 rings (SSSR count). The lowest BCUT2D eigenvalue weighted by Crippen LogP contribution is -2.24. The highest BCUT2D eigenvalue weighted by atomic mass is 19.1. The first kappa shape index (κ1) is 14.8. The van der Waals surface area contributed by atoms with Gasteiger partial charge < -0.3 is 9.84 Å². The Bertz CT molecular complexity index is 837. The van der Waals surface area contributed by atoms with Crippen molar-refractivity contribution in [1.82, 2.24) is 20.4 Å². The molecule has 1 amide bonds. The Kier molecular flexibility index (Phi) is 4.05. The summed E-state index contributed by atoms with van der Waals surface area (Å²) < 4.78 is 31.5. The molecule has 1 N–H and O–H groups in total. The molecule has 0 aliphatic rings. The number of carbonyl (C=O) groups is 1. The monoisotopic (exact) mass is 316 g/mol. The second kappa shape index (κ2) is 6.30. The van der Waals surface area contributed by atoms with Gasteiger partial charge in [-0.3, -0.25) is 9.78 Å². The van der Waals surface area contributed by atoms with Crippen molar-refractivity contribution in [3.05, 3.63) is 65.7 Å². The molecule has 0 saturated heterocycles. The lowest BCUT2D eigenvalue weighted by molar-refractivity contribution is 0.0941. The van der Waals surface area contributed by atoms with Crippen LogP contribution in [0.3, 0.4) is 0 Å². The molecule has 2 heterocycles. The van der Waals surface area contributed by atoms with Gasteiger partial charge in [0, 0.05) is 6.20 Å². The molecule has 0 aliphatic heterocycles. The summed E-state index contributed by atoms with van der Waals surface area (Å²) in [7, 11) is 0. The van der Waals surface area contributed by atoms with Crippen LogP contribution in [0, 0.1) is 11.6 Å². The van der Waals surface area contributed by atoms with E-state index in [4.69, 9.17) is 4.52 Å². The number of hydrogen-bond donors (Lipinski definition) is 1. The number of hydrogen-bond acceptors (Lipinski definition) is 5. The van der Waals surface area contributed by atoms with E-state index in [1.54, 1.807) is 24.4 Å². The maximum atomic E-state index is 13.5. The predicted octanol–water partition coefficient (Wildman–Crippen LogP) is 2.34. The van der Waals surface area contributed by atoms with Crippen LogP contribution in [0.1, 0.15) is 16.2 Å². The summed E-state index contributed by atoms with van der Waals surface area (Å²) in [6.07, 6.45) is 1.58. The SMILES string of the molecule is O=C(NCc1nc(-c2ccccn2)no1)c1cc(F)ccc1F. The Hall–Kier alpha value is -3.16. The van der Waals surface area contributed by atoms with E-state index >= 15 is 0 Å². The average molecular weight is 316 g/mol. The van der Waals surface area contributed by atoms with Gasteiger partial charge >= 0.3 is 0 Å². The third-order valence-corrected chi connectivity index (χ3v) is 2.94. The molecule has 1 aromatic carbocycles. The first-order chi connectivity index (χ1) is 11.1. The molecule has 0 unspecified atom stereocenters. The number of rotatable bonds is 4. The fourth-order valence-electron chi connectivity index (χ4n) is 1.85. The minimum atomic E-state index is -0.816. The Morgan fingerprint density at radius 2 is 2.09 bits per heavy atom. The molecule has 0 atom stereocenters. The maximum absolute atomic E-state index is 13.5. The highest BCUT2D eigenvalue weighted by molar-refractivity contribution is 5.94. The topological polar surface area (TPSA) is 80.9 Å². The van der Waals surface area contributed by atoms with Crippen LogP contribution in [0.4, 0.5) is 8.78 Å². The molecule has 2 aromatic heterocycles. The number of halogens is 2. The van der Waals surface area contributed by atoms with E-state index in [1.807, 2.05) is 0 Å². The van der Waals surface area contributed by atoms with Crippen LogP contribution >= 0.6 is 0 Å². The molecule has 8 heteroatoms. The fourth-order valence-corrected chi connectivity index (χ4v) is 1.85. The van der Waals surface area contributed by atoms with Crippen molar-refractivity contribution in [3.63, 3.8) is 0 Å².